The van der Waals surface area contributed by atoms with Gasteiger partial charge in [0.1, 0.15) is 6.61 Å². The van der Waals surface area contributed by atoms with Crippen LogP contribution in [-0.2, 0) is 18.4 Å². The molecule has 0 atom stereocenters. The number of halogens is 1. The van der Waals surface area contributed by atoms with E-state index in [9.17, 15) is 4.79 Å². The number of aryl methyl sites for hydroxylation is 1. The van der Waals surface area contributed by atoms with Crippen molar-refractivity contribution in [1.29, 1.82) is 0 Å². The first kappa shape index (κ1) is 12.6. The number of nitrogen functional groups attached to an aromatic ring is 1. The molecular formula is C12H12BrN3O2. The number of rotatable bonds is 3. The molecule has 0 aliphatic heterocycles. The molecule has 0 unspecified atom stereocenters. The second-order valence-electron chi connectivity index (χ2n) is 3.77. The zero-order valence-corrected chi connectivity index (χ0v) is 11.3. The summed E-state index contributed by atoms with van der Waals surface area (Å²) in [6.07, 6.45) is 1.43. The maximum absolute atomic E-state index is 11.8. The van der Waals surface area contributed by atoms with Crippen molar-refractivity contribution in [2.24, 2.45) is 7.05 Å². The number of carbonyl (C=O) groups is 1. The van der Waals surface area contributed by atoms with Crippen LogP contribution in [0.2, 0.25) is 0 Å². The van der Waals surface area contributed by atoms with Crippen LogP contribution in [0.3, 0.4) is 0 Å². The highest BCUT2D eigenvalue weighted by Crippen LogP contribution is 2.14. The highest BCUT2D eigenvalue weighted by atomic mass is 79.9. The molecule has 2 aromatic rings. The molecule has 1 aromatic carbocycles. The lowest BCUT2D eigenvalue weighted by atomic mass is 10.2. The van der Waals surface area contributed by atoms with E-state index in [-0.39, 0.29) is 12.3 Å². The molecule has 0 aliphatic carbocycles. The maximum Gasteiger partial charge on any atom is 0.359 e. The average Bonchev–Trinajstić information content (AvgIpc) is 2.68. The van der Waals surface area contributed by atoms with Crippen LogP contribution in [0, 0.1) is 0 Å². The fourth-order valence-corrected chi connectivity index (χ4v) is 1.77. The lowest BCUT2D eigenvalue weighted by molar-refractivity contribution is 0.0461. The van der Waals surface area contributed by atoms with Gasteiger partial charge in [-0.2, -0.15) is 5.10 Å². The summed E-state index contributed by atoms with van der Waals surface area (Å²) in [5.74, 6) is -0.476. The predicted octanol–water partition coefficient (Wildman–Crippen LogP) is 2.12. The largest absolute Gasteiger partial charge is 0.456 e. The number of hydrogen-bond donors (Lipinski definition) is 1. The van der Waals surface area contributed by atoms with E-state index >= 15 is 0 Å². The summed E-state index contributed by atoms with van der Waals surface area (Å²) in [4.78, 5) is 11.8. The summed E-state index contributed by atoms with van der Waals surface area (Å²) < 4.78 is 7.56. The van der Waals surface area contributed by atoms with Crippen molar-refractivity contribution >= 4 is 27.6 Å². The van der Waals surface area contributed by atoms with Crippen LogP contribution in [-0.4, -0.2) is 15.7 Å². The molecule has 0 aliphatic rings. The van der Waals surface area contributed by atoms with E-state index < -0.39 is 5.97 Å². The lowest BCUT2D eigenvalue weighted by Gasteiger charge is -2.06. The maximum atomic E-state index is 11.8. The number of benzene rings is 1. The Kier molecular flexibility index (Phi) is 3.66. The summed E-state index contributed by atoms with van der Waals surface area (Å²) in [5, 5.41) is 3.89. The Bertz CT molecular complexity index is 544. The summed E-state index contributed by atoms with van der Waals surface area (Å²) in [6, 6.07) is 7.54. The third-order valence-corrected chi connectivity index (χ3v) is 2.97. The van der Waals surface area contributed by atoms with Gasteiger partial charge in [-0.05, 0) is 17.7 Å². The minimum absolute atomic E-state index is 0.205. The molecule has 18 heavy (non-hydrogen) atoms. The number of esters is 1. The van der Waals surface area contributed by atoms with E-state index in [2.05, 4.69) is 21.0 Å². The summed E-state index contributed by atoms with van der Waals surface area (Å²) in [7, 11) is 1.65. The van der Waals surface area contributed by atoms with Gasteiger partial charge in [0.2, 0.25) is 0 Å². The Morgan fingerprint density at radius 1 is 1.44 bits per heavy atom. The third-order valence-electron chi connectivity index (χ3n) is 2.44. The normalized spacial score (nSPS) is 10.3. The molecule has 1 aromatic heterocycles. The number of ether oxygens (including phenoxy) is 1. The quantitative estimate of drug-likeness (QED) is 0.882. The van der Waals surface area contributed by atoms with Crippen molar-refractivity contribution in [1.82, 2.24) is 9.78 Å². The zero-order valence-electron chi connectivity index (χ0n) is 9.76. The summed E-state index contributed by atoms with van der Waals surface area (Å²) in [5.41, 5.74) is 7.14. The van der Waals surface area contributed by atoms with E-state index in [4.69, 9.17) is 10.5 Å². The van der Waals surface area contributed by atoms with Crippen LogP contribution in [0.25, 0.3) is 0 Å². The standard InChI is InChI=1S/C12H12BrN3O2/c1-16-11(10(14)6-15-16)12(17)18-7-8-2-4-9(13)5-3-8/h2-6H,7,14H2,1H3. The molecule has 5 nitrogen and oxygen atoms in total. The molecule has 0 fully saturated rings. The summed E-state index contributed by atoms with van der Waals surface area (Å²) >= 11 is 3.34. The minimum Gasteiger partial charge on any atom is -0.456 e. The number of carbonyl (C=O) groups excluding carboxylic acids is 1. The lowest BCUT2D eigenvalue weighted by Crippen LogP contribution is -2.12. The number of hydrogen-bond acceptors (Lipinski definition) is 4. The highest BCUT2D eigenvalue weighted by Gasteiger charge is 2.16. The topological polar surface area (TPSA) is 70.1 Å². The van der Waals surface area contributed by atoms with Crippen molar-refractivity contribution in [3.05, 3.63) is 46.2 Å². The van der Waals surface area contributed by atoms with Gasteiger partial charge < -0.3 is 10.5 Å². The predicted molar refractivity (Wildman–Crippen MR) is 70.9 cm³/mol. The number of aromatic nitrogens is 2. The van der Waals surface area contributed by atoms with Gasteiger partial charge >= 0.3 is 5.97 Å². The Labute approximate surface area is 113 Å². The SMILES string of the molecule is Cn1ncc(N)c1C(=O)OCc1ccc(Br)cc1. The Morgan fingerprint density at radius 3 is 2.67 bits per heavy atom. The first-order valence-corrected chi connectivity index (χ1v) is 6.06. The van der Waals surface area contributed by atoms with Crippen molar-refractivity contribution < 1.29 is 9.53 Å². The van der Waals surface area contributed by atoms with Gasteiger partial charge in [-0.3, -0.25) is 4.68 Å². The van der Waals surface area contributed by atoms with Gasteiger partial charge in [0, 0.05) is 11.5 Å². The van der Waals surface area contributed by atoms with Gasteiger partial charge in [0.25, 0.3) is 0 Å². The molecule has 6 heteroatoms. The monoisotopic (exact) mass is 309 g/mol. The van der Waals surface area contributed by atoms with E-state index in [0.717, 1.165) is 10.0 Å². The molecule has 2 N–H and O–H groups in total. The third kappa shape index (κ3) is 2.70. The molecular weight excluding hydrogens is 298 g/mol. The van der Waals surface area contributed by atoms with Crippen LogP contribution in [0.5, 0.6) is 0 Å². The van der Waals surface area contributed by atoms with E-state index in [1.807, 2.05) is 24.3 Å². The summed E-state index contributed by atoms with van der Waals surface area (Å²) in [6.45, 7) is 0.205. The first-order valence-electron chi connectivity index (χ1n) is 5.27. The Balaban J connectivity index is 2.03. The zero-order chi connectivity index (χ0) is 13.1. The van der Waals surface area contributed by atoms with Crippen LogP contribution in [0.4, 0.5) is 5.69 Å². The first-order chi connectivity index (χ1) is 8.58. The van der Waals surface area contributed by atoms with Crippen molar-refractivity contribution in [2.45, 2.75) is 6.61 Å². The van der Waals surface area contributed by atoms with Gasteiger partial charge in [-0.25, -0.2) is 4.79 Å². The smallest absolute Gasteiger partial charge is 0.359 e. The number of anilines is 1. The molecule has 0 amide bonds. The van der Waals surface area contributed by atoms with Gasteiger partial charge in [0.05, 0.1) is 11.9 Å². The van der Waals surface area contributed by atoms with Gasteiger partial charge in [0.15, 0.2) is 5.69 Å². The van der Waals surface area contributed by atoms with E-state index in [0.29, 0.717) is 5.69 Å². The van der Waals surface area contributed by atoms with Crippen molar-refractivity contribution in [2.75, 3.05) is 5.73 Å². The van der Waals surface area contributed by atoms with Crippen LogP contribution >= 0.6 is 15.9 Å². The molecule has 0 radical (unpaired) electrons. The highest BCUT2D eigenvalue weighted by molar-refractivity contribution is 9.10. The van der Waals surface area contributed by atoms with Crippen LogP contribution < -0.4 is 5.73 Å². The van der Waals surface area contributed by atoms with Crippen LogP contribution in [0.15, 0.2) is 34.9 Å². The van der Waals surface area contributed by atoms with Crippen LogP contribution in [0.1, 0.15) is 16.1 Å². The molecule has 0 spiro atoms. The number of nitrogens with zero attached hydrogens (tertiary/aromatic N) is 2. The molecule has 0 saturated heterocycles. The molecule has 94 valence electrons. The second kappa shape index (κ2) is 5.22. The average molecular weight is 310 g/mol. The molecule has 0 saturated carbocycles. The minimum atomic E-state index is -0.476. The molecule has 0 bridgehead atoms. The fourth-order valence-electron chi connectivity index (χ4n) is 1.50. The number of nitrogens with two attached hydrogens (primary N) is 1. The van der Waals surface area contributed by atoms with Gasteiger partial charge in [-0.15, -0.1) is 0 Å². The van der Waals surface area contributed by atoms with Gasteiger partial charge in [-0.1, -0.05) is 28.1 Å². The Morgan fingerprint density at radius 2 is 2.11 bits per heavy atom. The van der Waals surface area contributed by atoms with Crippen molar-refractivity contribution in [3.63, 3.8) is 0 Å². The Hall–Kier alpha value is -1.82. The fraction of sp³-hybridized carbons (Fsp3) is 0.167. The van der Waals surface area contributed by atoms with E-state index in [1.165, 1.54) is 10.9 Å². The second-order valence-corrected chi connectivity index (χ2v) is 4.69. The molecule has 2 rings (SSSR count). The van der Waals surface area contributed by atoms with Crippen molar-refractivity contribution in [3.8, 4) is 0 Å². The molecule has 1 heterocycles. The van der Waals surface area contributed by atoms with E-state index in [1.54, 1.807) is 7.05 Å².